The van der Waals surface area contributed by atoms with E-state index in [9.17, 15) is 75.3 Å². The van der Waals surface area contributed by atoms with Crippen LogP contribution in [0.3, 0.4) is 0 Å². The summed E-state index contributed by atoms with van der Waals surface area (Å²) in [7, 11) is 0. The van der Waals surface area contributed by atoms with Crippen molar-refractivity contribution in [1.29, 1.82) is 0 Å². The number of hydrogen-bond acceptors (Lipinski definition) is 23. The highest BCUT2D eigenvalue weighted by molar-refractivity contribution is 5.83. The molecule has 3 aliphatic heterocycles. The number of rotatable bonds is 19. The van der Waals surface area contributed by atoms with E-state index in [0.29, 0.717) is 44.9 Å². The normalized spacial score (nSPS) is 45.7. The summed E-state index contributed by atoms with van der Waals surface area (Å²) >= 11 is 0. The van der Waals surface area contributed by atoms with Crippen molar-refractivity contribution in [3.05, 3.63) is 34.9 Å². The Bertz CT molecular complexity index is 2620. The molecule has 5 aliphatic carbocycles. The summed E-state index contributed by atoms with van der Waals surface area (Å²) in [6.45, 7) is 22.3. The maximum Gasteiger partial charge on any atom is 0.335 e. The van der Waals surface area contributed by atoms with Crippen molar-refractivity contribution in [2.24, 2.45) is 56.2 Å². The Labute approximate surface area is 515 Å². The fraction of sp³-hybridized carbons (Fsp3) is 0.844. The van der Waals surface area contributed by atoms with Crippen molar-refractivity contribution in [1.82, 2.24) is 0 Å². The largest absolute Gasteiger partial charge is 0.479 e. The van der Waals surface area contributed by atoms with Gasteiger partial charge in [0.25, 0.3) is 0 Å². The Kier molecular flexibility index (Phi) is 21.1. The van der Waals surface area contributed by atoms with E-state index in [1.807, 2.05) is 62.3 Å². The number of allylic oxidation sites excluding steroid dienone is 4. The third-order valence-corrected chi connectivity index (χ3v) is 22.6. The van der Waals surface area contributed by atoms with E-state index in [2.05, 4.69) is 26.0 Å². The first-order chi connectivity index (χ1) is 41.1. The highest BCUT2D eigenvalue weighted by Crippen LogP contribution is 2.76. The first-order valence-electron chi connectivity index (χ1n) is 31.4. The monoisotopic (exact) mass is 1250 g/mol. The predicted molar refractivity (Wildman–Crippen MR) is 309 cm³/mol. The third kappa shape index (κ3) is 12.1. The van der Waals surface area contributed by atoms with Crippen LogP contribution in [0.15, 0.2) is 34.9 Å². The van der Waals surface area contributed by atoms with Crippen molar-refractivity contribution in [3.8, 4) is 0 Å². The highest BCUT2D eigenvalue weighted by Gasteiger charge is 2.76. The van der Waals surface area contributed by atoms with Crippen LogP contribution in [0.25, 0.3) is 0 Å². The molecule has 3 heterocycles. The zero-order valence-corrected chi connectivity index (χ0v) is 53.2. The number of aliphatic carboxylic acids is 1. The quantitative estimate of drug-likeness (QED) is 0.0291. The van der Waals surface area contributed by atoms with E-state index in [-0.39, 0.29) is 18.3 Å². The van der Waals surface area contributed by atoms with E-state index < -0.39 is 205 Å². The lowest BCUT2D eigenvalue weighted by atomic mass is 9.32. The van der Waals surface area contributed by atoms with E-state index in [1.54, 1.807) is 6.92 Å². The van der Waals surface area contributed by atoms with Gasteiger partial charge in [-0.3, -0.25) is 9.59 Å². The first-order valence-corrected chi connectivity index (χ1v) is 31.4. The summed E-state index contributed by atoms with van der Waals surface area (Å²) in [5, 5.41) is 124. The molecular formula is C64H100O24. The molecule has 7 fully saturated rings. The van der Waals surface area contributed by atoms with Crippen molar-refractivity contribution in [2.45, 2.75) is 264 Å². The van der Waals surface area contributed by atoms with Gasteiger partial charge < -0.3 is 98.8 Å². The number of carboxylic acid groups (broad SMARTS) is 1. The smallest absolute Gasteiger partial charge is 0.335 e. The number of carbonyl (C=O) groups excluding carboxylic acids is 3. The summed E-state index contributed by atoms with van der Waals surface area (Å²) in [6, 6.07) is 0. The molecule has 4 saturated carbocycles. The molecule has 500 valence electrons. The molecule has 0 radical (unpaired) electrons. The van der Waals surface area contributed by atoms with Gasteiger partial charge in [-0.25, -0.2) is 9.59 Å². The van der Waals surface area contributed by atoms with Crippen LogP contribution in [0.4, 0.5) is 0 Å². The molecule has 24 nitrogen and oxygen atoms in total. The molecule has 0 aromatic heterocycles. The van der Waals surface area contributed by atoms with Gasteiger partial charge in [-0.1, -0.05) is 91.2 Å². The zero-order valence-electron chi connectivity index (χ0n) is 53.2. The van der Waals surface area contributed by atoms with Crippen molar-refractivity contribution in [3.63, 3.8) is 0 Å². The van der Waals surface area contributed by atoms with Gasteiger partial charge in [0.05, 0.1) is 49.5 Å². The minimum Gasteiger partial charge on any atom is -0.479 e. The Morgan fingerprint density at radius 3 is 1.86 bits per heavy atom. The number of carbonyl (C=O) groups is 4. The summed E-state index contributed by atoms with van der Waals surface area (Å²) in [4.78, 5) is 54.5. The lowest BCUT2D eigenvalue weighted by Gasteiger charge is -2.73. The molecule has 8 rings (SSSR count). The van der Waals surface area contributed by atoms with Gasteiger partial charge in [0.2, 0.25) is 0 Å². The van der Waals surface area contributed by atoms with E-state index in [4.69, 9.17) is 42.6 Å². The first kappa shape index (κ1) is 70.3. The molecule has 8 aliphatic rings. The Morgan fingerprint density at radius 1 is 0.693 bits per heavy atom. The number of fused-ring (bicyclic) bond motifs is 7. The van der Waals surface area contributed by atoms with Crippen LogP contribution in [0.2, 0.25) is 0 Å². The second-order valence-electron chi connectivity index (χ2n) is 28.8. The average molecular weight is 1250 g/mol. The topological polar surface area (TPSA) is 374 Å². The number of aliphatic hydroxyl groups excluding tert-OH is 10. The number of aliphatic hydroxyl groups is 10. The summed E-state index contributed by atoms with van der Waals surface area (Å²) in [5.74, 6) is -5.50. The standard InChI is InChI=1S/C64H100O24/c1-14-31(5)55(79)88-53-52(84-40(69)24-30(4)17-15-16-29(2)3)59(7,8)25-34-33-18-19-38-61(11)22-21-39(60(9,10)37(61)20-23-62(38,12)63(33,13)50(75)51(76)64(34,53)28-67)83-58-49(87-57-45(74)43(72)41(70)35(26-65)81-57)47(80-32(6)68)46(48(86-58)54(77)78)85-56-44(73)42(71)36(27-66)82-56/h16,18,24,31,34-39,41-53,56-58,65-67,70-76H,14-15,17,19-23,25-28H2,1-13H3,(H,77,78). The maximum atomic E-state index is 14.1. The number of carboxylic acids is 1. The molecule has 0 amide bonds. The lowest BCUT2D eigenvalue weighted by molar-refractivity contribution is -0.383. The third-order valence-electron chi connectivity index (χ3n) is 22.6. The van der Waals surface area contributed by atoms with Gasteiger partial charge >= 0.3 is 23.9 Å². The average Bonchev–Trinajstić information content (AvgIpc) is 0.817. The molecule has 3 saturated heterocycles. The number of esters is 3. The van der Waals surface area contributed by atoms with Crippen molar-refractivity contribution in [2.75, 3.05) is 19.8 Å². The van der Waals surface area contributed by atoms with Crippen LogP contribution >= 0.6 is 0 Å². The van der Waals surface area contributed by atoms with E-state index >= 15 is 0 Å². The Morgan fingerprint density at radius 2 is 1.30 bits per heavy atom. The molecule has 0 bridgehead atoms. The Hall–Kier alpha value is -3.54. The molecule has 0 aromatic rings. The molecule has 24 heteroatoms. The molecule has 27 atom stereocenters. The SMILES string of the molecule is CCC(C)C(=O)OC1C(OC(=O)C=C(C)CCC=C(C)C)C(C)(C)CC2C3=CCC4C5(C)CCC(OC6OC(C(=O)O)C(OC7OC(CO)C(O)C7O)C(OC(C)=O)C6OC6OC(CO)C(O)C(O)C6O)C(C)(C)C5CCC4(C)C3(C)C(O)C(O)C21CO. The number of hydrogen-bond donors (Lipinski definition) is 11. The van der Waals surface area contributed by atoms with Crippen molar-refractivity contribution >= 4 is 23.9 Å². The van der Waals surface area contributed by atoms with Gasteiger partial charge in [-0.15, -0.1) is 0 Å². The fourth-order valence-electron chi connectivity index (χ4n) is 17.3. The summed E-state index contributed by atoms with van der Waals surface area (Å²) in [5.41, 5.74) is -3.11. The van der Waals surface area contributed by atoms with Crippen LogP contribution in [0.5, 0.6) is 0 Å². The van der Waals surface area contributed by atoms with Crippen LogP contribution in [-0.4, -0.2) is 216 Å². The maximum absolute atomic E-state index is 14.1. The molecular weight excluding hydrogens is 1150 g/mol. The summed E-state index contributed by atoms with van der Waals surface area (Å²) < 4.78 is 55.5. The Balaban J connectivity index is 1.13. The lowest BCUT2D eigenvalue weighted by Crippen LogP contribution is -2.76. The molecule has 0 spiro atoms. The minimum absolute atomic E-state index is 0.166. The second kappa shape index (κ2) is 26.5. The second-order valence-corrected chi connectivity index (χ2v) is 28.8. The number of ether oxygens (including phenoxy) is 9. The fourth-order valence-corrected chi connectivity index (χ4v) is 17.3. The highest BCUT2D eigenvalue weighted by atomic mass is 16.8. The minimum atomic E-state index is -2.09. The van der Waals surface area contributed by atoms with Crippen LogP contribution in [0.1, 0.15) is 148 Å². The van der Waals surface area contributed by atoms with Crippen LogP contribution in [0, 0.1) is 56.2 Å². The van der Waals surface area contributed by atoms with E-state index in [0.717, 1.165) is 30.1 Å². The molecule has 27 unspecified atom stereocenters. The molecule has 88 heavy (non-hydrogen) atoms. The van der Waals surface area contributed by atoms with Gasteiger partial charge in [-0.2, -0.15) is 0 Å². The molecule has 0 aromatic carbocycles. The summed E-state index contributed by atoms with van der Waals surface area (Å²) in [6.07, 6.45) is -22.0. The van der Waals surface area contributed by atoms with Gasteiger partial charge in [-0.05, 0) is 113 Å². The van der Waals surface area contributed by atoms with E-state index in [1.165, 1.54) is 6.08 Å². The molecule has 11 N–H and O–H groups in total. The van der Waals surface area contributed by atoms with Crippen LogP contribution in [-0.2, 0) is 61.8 Å². The van der Waals surface area contributed by atoms with Gasteiger partial charge in [0.1, 0.15) is 54.9 Å². The zero-order chi connectivity index (χ0) is 65.3. The van der Waals surface area contributed by atoms with Gasteiger partial charge in [0.15, 0.2) is 43.3 Å². The van der Waals surface area contributed by atoms with Crippen molar-refractivity contribution < 1.29 is 118 Å². The predicted octanol–water partition coefficient (Wildman–Crippen LogP) is 2.64. The van der Waals surface area contributed by atoms with Gasteiger partial charge in [0, 0.05) is 23.8 Å². The van der Waals surface area contributed by atoms with Crippen LogP contribution < -0.4 is 0 Å².